The molecule has 1 aromatic rings. The van der Waals surface area contributed by atoms with Crippen LogP contribution in [0.3, 0.4) is 0 Å². The van der Waals surface area contributed by atoms with Crippen LogP contribution >= 0.6 is 0 Å². The van der Waals surface area contributed by atoms with Gasteiger partial charge in [-0.05, 0) is 31.4 Å². The Bertz CT molecular complexity index is 582. The summed E-state index contributed by atoms with van der Waals surface area (Å²) >= 11 is 0. The van der Waals surface area contributed by atoms with Gasteiger partial charge in [-0.15, -0.1) is 0 Å². The lowest BCUT2D eigenvalue weighted by atomic mass is 9.80. The minimum atomic E-state index is -4.97. The molecule has 8 heteroatoms. The van der Waals surface area contributed by atoms with E-state index in [0.717, 1.165) is 0 Å². The highest BCUT2D eigenvalue weighted by molar-refractivity contribution is 5.98. The molecule has 1 saturated carbocycles. The molecule has 2 heterocycles. The molecule has 2 atom stereocenters. The smallest absolute Gasteiger partial charge is 0.362 e. The molecule has 2 aliphatic rings. The molecule has 0 saturated heterocycles. The number of halogens is 3. The first-order chi connectivity index (χ1) is 9.85. The summed E-state index contributed by atoms with van der Waals surface area (Å²) in [5, 5.41) is 14.3. The molecule has 1 aromatic heterocycles. The second-order valence-electron chi connectivity index (χ2n) is 5.31. The van der Waals surface area contributed by atoms with Crippen LogP contribution < -0.4 is 0 Å². The first-order valence-corrected chi connectivity index (χ1v) is 6.70. The summed E-state index contributed by atoms with van der Waals surface area (Å²) in [4.78, 5) is 14.8. The number of rotatable bonds is 1. The largest absolute Gasteiger partial charge is 0.439 e. The molecule has 1 amide bonds. The minimum Gasteiger partial charge on any atom is -0.362 e. The Morgan fingerprint density at radius 3 is 2.86 bits per heavy atom. The lowest BCUT2D eigenvalue weighted by Crippen LogP contribution is -2.61. The van der Waals surface area contributed by atoms with Crippen LogP contribution in [0.5, 0.6) is 0 Å². The molecule has 3 rings (SSSR count). The number of nitrogens with zero attached hydrogens (tertiary/aromatic N) is 2. The Morgan fingerprint density at radius 2 is 2.24 bits per heavy atom. The van der Waals surface area contributed by atoms with Gasteiger partial charge in [0.2, 0.25) is 0 Å². The summed E-state index contributed by atoms with van der Waals surface area (Å²) in [7, 11) is 0. The summed E-state index contributed by atoms with van der Waals surface area (Å²) in [5.41, 5.74) is -3.05. The predicted octanol–water partition coefficient (Wildman–Crippen LogP) is 2.27. The fourth-order valence-corrected chi connectivity index (χ4v) is 3.00. The monoisotopic (exact) mass is 301 g/mol. The van der Waals surface area contributed by atoms with E-state index in [1.165, 1.54) is 18.3 Å². The summed E-state index contributed by atoms with van der Waals surface area (Å²) in [5.74, 6) is -2.16. The molecular weight excluding hydrogens is 287 g/mol. The fourth-order valence-electron chi connectivity index (χ4n) is 3.00. The van der Waals surface area contributed by atoms with E-state index in [1.54, 1.807) is 0 Å². The Hall–Kier alpha value is -1.83. The number of carbonyl (C=O) groups excluding carboxylic acids is 1. The quantitative estimate of drug-likeness (QED) is 0.835. The van der Waals surface area contributed by atoms with Crippen molar-refractivity contribution in [2.45, 2.75) is 37.6 Å². The van der Waals surface area contributed by atoms with E-state index in [2.05, 4.69) is 10.1 Å². The van der Waals surface area contributed by atoms with Gasteiger partial charge in [-0.25, -0.2) is 0 Å². The van der Waals surface area contributed by atoms with Gasteiger partial charge in [0.15, 0.2) is 0 Å². The van der Waals surface area contributed by atoms with Gasteiger partial charge >= 0.3 is 6.18 Å². The highest BCUT2D eigenvalue weighted by Crippen LogP contribution is 2.48. The van der Waals surface area contributed by atoms with Crippen molar-refractivity contribution in [2.24, 2.45) is 11.0 Å². The third kappa shape index (κ3) is 1.97. The average Bonchev–Trinajstić information content (AvgIpc) is 3.05. The Morgan fingerprint density at radius 1 is 1.48 bits per heavy atom. The topological polar surface area (TPSA) is 68.7 Å². The second-order valence-corrected chi connectivity index (χ2v) is 5.31. The molecule has 1 aliphatic heterocycles. The lowest BCUT2D eigenvalue weighted by molar-refractivity contribution is -0.312. The second kappa shape index (κ2) is 4.59. The number of fused-ring (bicyclic) bond motifs is 1. The predicted molar refractivity (Wildman–Crippen MR) is 67.4 cm³/mol. The Balaban J connectivity index is 2.04. The van der Waals surface area contributed by atoms with Crippen LogP contribution in [0.1, 0.15) is 36.2 Å². The van der Waals surface area contributed by atoms with Gasteiger partial charge in [-0.3, -0.25) is 4.79 Å². The number of amides is 1. The zero-order valence-corrected chi connectivity index (χ0v) is 11.0. The van der Waals surface area contributed by atoms with Crippen molar-refractivity contribution in [2.75, 3.05) is 0 Å². The number of aromatic nitrogens is 1. The zero-order valence-electron chi connectivity index (χ0n) is 11.0. The number of aliphatic hydroxyl groups is 1. The van der Waals surface area contributed by atoms with Crippen LogP contribution in [0.15, 0.2) is 23.4 Å². The van der Waals surface area contributed by atoms with Crippen molar-refractivity contribution in [1.82, 2.24) is 9.99 Å². The maximum Gasteiger partial charge on any atom is 0.439 e. The molecule has 0 spiro atoms. The van der Waals surface area contributed by atoms with Crippen LogP contribution in [-0.2, 0) is 0 Å². The molecule has 1 aliphatic carbocycles. The highest BCUT2D eigenvalue weighted by Gasteiger charge is 2.68. The molecule has 21 heavy (non-hydrogen) atoms. The number of nitrogens with one attached hydrogen (secondary N) is 1. The van der Waals surface area contributed by atoms with Crippen LogP contribution in [0.4, 0.5) is 13.2 Å². The third-order valence-corrected chi connectivity index (χ3v) is 4.05. The van der Waals surface area contributed by atoms with E-state index >= 15 is 0 Å². The molecule has 114 valence electrons. The molecular formula is C13H14F3N3O2. The summed E-state index contributed by atoms with van der Waals surface area (Å²) in [6, 6.07) is 2.84. The van der Waals surface area contributed by atoms with Gasteiger partial charge in [-0.2, -0.15) is 23.3 Å². The van der Waals surface area contributed by atoms with Gasteiger partial charge in [0.1, 0.15) is 5.69 Å². The average molecular weight is 301 g/mol. The standard InChI is InChI=1S/C13H14F3N3O2/c14-13(15,16)12(21)8-4-1-2-5-9(8)18-19(12)11(20)10-6-3-7-17-10/h3,6-8,17,21H,1-2,4-5H2/t8-,12+/m0/s1. The third-order valence-electron chi connectivity index (χ3n) is 4.05. The summed E-state index contributed by atoms with van der Waals surface area (Å²) in [6.07, 6.45) is -1.71. The van der Waals surface area contributed by atoms with E-state index < -0.39 is 23.7 Å². The first kappa shape index (κ1) is 14.1. The van der Waals surface area contributed by atoms with Gasteiger partial charge in [-0.1, -0.05) is 6.42 Å². The number of hydrogen-bond donors (Lipinski definition) is 2. The number of H-pyrrole nitrogens is 1. The summed E-state index contributed by atoms with van der Waals surface area (Å²) < 4.78 is 40.3. The van der Waals surface area contributed by atoms with E-state index in [9.17, 15) is 23.1 Å². The van der Waals surface area contributed by atoms with Gasteiger partial charge in [0, 0.05) is 11.9 Å². The molecule has 1 fully saturated rings. The molecule has 5 nitrogen and oxygen atoms in total. The number of alkyl halides is 3. The van der Waals surface area contributed by atoms with Crippen molar-refractivity contribution in [1.29, 1.82) is 0 Å². The van der Waals surface area contributed by atoms with Crippen molar-refractivity contribution in [3.8, 4) is 0 Å². The minimum absolute atomic E-state index is 0.0410. The normalized spacial score (nSPS) is 29.2. The van der Waals surface area contributed by atoms with Gasteiger partial charge in [0.25, 0.3) is 11.6 Å². The Labute approximate surface area is 118 Å². The van der Waals surface area contributed by atoms with Crippen molar-refractivity contribution in [3.05, 3.63) is 24.0 Å². The molecule has 0 radical (unpaired) electrons. The number of aromatic amines is 1. The lowest BCUT2D eigenvalue weighted by Gasteiger charge is -2.38. The van der Waals surface area contributed by atoms with Crippen molar-refractivity contribution >= 4 is 11.6 Å². The first-order valence-electron chi connectivity index (χ1n) is 6.70. The van der Waals surface area contributed by atoms with E-state index in [1.807, 2.05) is 0 Å². The molecule has 0 bridgehead atoms. The van der Waals surface area contributed by atoms with Gasteiger partial charge in [0.05, 0.1) is 5.92 Å². The van der Waals surface area contributed by atoms with Crippen molar-refractivity contribution < 1.29 is 23.1 Å². The molecule has 0 unspecified atom stereocenters. The van der Waals surface area contributed by atoms with E-state index in [4.69, 9.17) is 0 Å². The molecule has 2 N–H and O–H groups in total. The van der Waals surface area contributed by atoms with E-state index in [0.29, 0.717) is 19.3 Å². The van der Waals surface area contributed by atoms with Crippen LogP contribution in [0.2, 0.25) is 0 Å². The van der Waals surface area contributed by atoms with Crippen LogP contribution in [0, 0.1) is 5.92 Å². The van der Waals surface area contributed by atoms with Gasteiger partial charge < -0.3 is 10.1 Å². The van der Waals surface area contributed by atoms with E-state index in [-0.39, 0.29) is 22.8 Å². The van der Waals surface area contributed by atoms with Crippen LogP contribution in [0.25, 0.3) is 0 Å². The fraction of sp³-hybridized carbons (Fsp3) is 0.538. The Kier molecular flexibility index (Phi) is 3.09. The number of hydrazone groups is 1. The number of hydrogen-bond acceptors (Lipinski definition) is 3. The molecule has 0 aromatic carbocycles. The van der Waals surface area contributed by atoms with Crippen LogP contribution in [-0.4, -0.2) is 38.6 Å². The maximum absolute atomic E-state index is 13.4. The SMILES string of the molecule is O=C(c1ccc[nH]1)N1N=C2CCCC[C@@H]2[C@@]1(O)C(F)(F)F. The number of carbonyl (C=O) groups is 1. The summed E-state index contributed by atoms with van der Waals surface area (Å²) in [6.45, 7) is 0. The maximum atomic E-state index is 13.4. The highest BCUT2D eigenvalue weighted by atomic mass is 19.4. The zero-order chi connectivity index (χ0) is 15.3. The van der Waals surface area contributed by atoms with Crippen molar-refractivity contribution in [3.63, 3.8) is 0 Å².